The summed E-state index contributed by atoms with van der Waals surface area (Å²) in [5, 5.41) is 14.6. The molecule has 20 heavy (non-hydrogen) atoms. The molecule has 1 aliphatic heterocycles. The molecule has 2 aromatic carbocycles. The van der Waals surface area contributed by atoms with Gasteiger partial charge in [-0.15, -0.1) is 0 Å². The summed E-state index contributed by atoms with van der Waals surface area (Å²) >= 11 is 0. The Bertz CT molecular complexity index is 712. The van der Waals surface area contributed by atoms with Crippen molar-refractivity contribution in [2.45, 2.75) is 6.42 Å². The molecule has 0 unspecified atom stereocenters. The van der Waals surface area contributed by atoms with Crippen molar-refractivity contribution in [1.29, 1.82) is 5.26 Å². The van der Waals surface area contributed by atoms with Gasteiger partial charge in [0, 0.05) is 0 Å². The summed E-state index contributed by atoms with van der Waals surface area (Å²) in [5.74, 6) is -0.0458. The number of hydrogen-bond donors (Lipinski definition) is 0. The lowest BCUT2D eigenvalue weighted by Crippen LogP contribution is -2.19. The first-order valence-corrected chi connectivity index (χ1v) is 6.24. The van der Waals surface area contributed by atoms with E-state index in [-0.39, 0.29) is 12.3 Å². The Morgan fingerprint density at radius 1 is 1.05 bits per heavy atom. The molecule has 0 saturated heterocycles. The summed E-state index contributed by atoms with van der Waals surface area (Å²) in [6.07, 6.45) is 0.279. The van der Waals surface area contributed by atoms with Crippen LogP contribution in [0.25, 0.3) is 0 Å². The Labute approximate surface area is 116 Å². The van der Waals surface area contributed by atoms with E-state index in [0.29, 0.717) is 5.56 Å². The van der Waals surface area contributed by atoms with Gasteiger partial charge >= 0.3 is 0 Å². The van der Waals surface area contributed by atoms with E-state index in [4.69, 9.17) is 5.26 Å². The number of anilines is 1. The minimum absolute atomic E-state index is 0.0458. The van der Waals surface area contributed by atoms with Gasteiger partial charge in [0.15, 0.2) is 0 Å². The fourth-order valence-corrected chi connectivity index (χ4v) is 2.10. The van der Waals surface area contributed by atoms with Crippen LogP contribution in [-0.2, 0) is 4.79 Å². The SMILES string of the molecule is N#Cc1ccc(C2=NN(c3ccccc3)C(=O)C2)cc1. The van der Waals surface area contributed by atoms with E-state index in [1.54, 1.807) is 12.1 Å². The van der Waals surface area contributed by atoms with Crippen molar-refractivity contribution in [3.63, 3.8) is 0 Å². The van der Waals surface area contributed by atoms with Gasteiger partial charge in [-0.25, -0.2) is 5.01 Å². The Morgan fingerprint density at radius 3 is 2.40 bits per heavy atom. The van der Waals surface area contributed by atoms with E-state index < -0.39 is 0 Å². The van der Waals surface area contributed by atoms with Crippen molar-refractivity contribution >= 4 is 17.3 Å². The summed E-state index contributed by atoms with van der Waals surface area (Å²) < 4.78 is 0. The highest BCUT2D eigenvalue weighted by Crippen LogP contribution is 2.22. The maximum Gasteiger partial charge on any atom is 0.253 e. The Morgan fingerprint density at radius 2 is 1.75 bits per heavy atom. The van der Waals surface area contributed by atoms with E-state index in [9.17, 15) is 4.79 Å². The minimum atomic E-state index is -0.0458. The van der Waals surface area contributed by atoms with E-state index in [1.807, 2.05) is 42.5 Å². The number of hydrazone groups is 1. The number of benzene rings is 2. The number of hydrogen-bond acceptors (Lipinski definition) is 3. The van der Waals surface area contributed by atoms with Crippen LogP contribution in [0.1, 0.15) is 17.5 Å². The molecule has 0 fully saturated rings. The molecule has 0 bridgehead atoms. The second-order valence-corrected chi connectivity index (χ2v) is 4.45. The maximum atomic E-state index is 12.0. The molecular weight excluding hydrogens is 250 g/mol. The molecular formula is C16H11N3O. The van der Waals surface area contributed by atoms with Gasteiger partial charge in [0.25, 0.3) is 5.91 Å². The van der Waals surface area contributed by atoms with Crippen LogP contribution >= 0.6 is 0 Å². The smallest absolute Gasteiger partial charge is 0.253 e. The summed E-state index contributed by atoms with van der Waals surface area (Å²) in [6.45, 7) is 0. The molecule has 3 rings (SSSR count). The normalized spacial score (nSPS) is 14.1. The predicted molar refractivity (Wildman–Crippen MR) is 76.2 cm³/mol. The number of rotatable bonds is 2. The van der Waals surface area contributed by atoms with Crippen LogP contribution in [0.4, 0.5) is 5.69 Å². The summed E-state index contributed by atoms with van der Waals surface area (Å²) in [4.78, 5) is 12.0. The van der Waals surface area contributed by atoms with Crippen molar-refractivity contribution in [1.82, 2.24) is 0 Å². The quantitative estimate of drug-likeness (QED) is 0.834. The van der Waals surface area contributed by atoms with E-state index >= 15 is 0 Å². The number of carbonyl (C=O) groups is 1. The van der Waals surface area contributed by atoms with Crippen molar-refractivity contribution in [2.75, 3.05) is 5.01 Å². The molecule has 0 aromatic heterocycles. The van der Waals surface area contributed by atoms with Gasteiger partial charge in [0.05, 0.1) is 29.5 Å². The van der Waals surface area contributed by atoms with Crippen LogP contribution in [0, 0.1) is 11.3 Å². The maximum absolute atomic E-state index is 12.0. The lowest BCUT2D eigenvalue weighted by molar-refractivity contribution is -0.116. The Hall–Kier alpha value is -2.93. The van der Waals surface area contributed by atoms with E-state index in [0.717, 1.165) is 17.0 Å². The van der Waals surface area contributed by atoms with Gasteiger partial charge in [-0.05, 0) is 29.8 Å². The minimum Gasteiger partial charge on any atom is -0.272 e. The lowest BCUT2D eigenvalue weighted by atomic mass is 10.1. The van der Waals surface area contributed by atoms with Gasteiger partial charge in [-0.2, -0.15) is 10.4 Å². The van der Waals surface area contributed by atoms with Crippen molar-refractivity contribution < 1.29 is 4.79 Å². The molecule has 4 heteroatoms. The number of amides is 1. The monoisotopic (exact) mass is 261 g/mol. The molecule has 0 N–H and O–H groups in total. The molecule has 0 radical (unpaired) electrons. The summed E-state index contributed by atoms with van der Waals surface area (Å²) in [5.41, 5.74) is 2.96. The van der Waals surface area contributed by atoms with Crippen molar-refractivity contribution in [3.05, 3.63) is 65.7 Å². The molecule has 0 saturated carbocycles. The number of carbonyl (C=O) groups excluding carboxylic acids is 1. The third-order valence-electron chi connectivity index (χ3n) is 3.12. The largest absolute Gasteiger partial charge is 0.272 e. The molecule has 2 aromatic rings. The molecule has 1 amide bonds. The van der Waals surface area contributed by atoms with Crippen molar-refractivity contribution in [3.8, 4) is 6.07 Å². The van der Waals surface area contributed by atoms with Crippen molar-refractivity contribution in [2.24, 2.45) is 5.10 Å². The first-order valence-electron chi connectivity index (χ1n) is 6.24. The van der Waals surface area contributed by atoms with Crippen LogP contribution < -0.4 is 5.01 Å². The second kappa shape index (κ2) is 4.98. The second-order valence-electron chi connectivity index (χ2n) is 4.45. The molecule has 0 spiro atoms. The van der Waals surface area contributed by atoms with Gasteiger partial charge in [-0.1, -0.05) is 30.3 Å². The van der Waals surface area contributed by atoms with Crippen LogP contribution in [0.15, 0.2) is 59.7 Å². The molecule has 1 aliphatic rings. The zero-order chi connectivity index (χ0) is 13.9. The van der Waals surface area contributed by atoms with Gasteiger partial charge in [0.2, 0.25) is 0 Å². The number of nitrogens with zero attached hydrogens (tertiary/aromatic N) is 3. The molecule has 96 valence electrons. The predicted octanol–water partition coefficient (Wildman–Crippen LogP) is 2.70. The molecule has 1 heterocycles. The topological polar surface area (TPSA) is 56.5 Å². The van der Waals surface area contributed by atoms with Crippen LogP contribution in [0.5, 0.6) is 0 Å². The molecule has 0 aliphatic carbocycles. The average molecular weight is 261 g/mol. The summed E-state index contributed by atoms with van der Waals surface area (Å²) in [7, 11) is 0. The van der Waals surface area contributed by atoms with Gasteiger partial charge in [-0.3, -0.25) is 4.79 Å². The van der Waals surface area contributed by atoms with E-state index in [2.05, 4.69) is 11.2 Å². The highest BCUT2D eigenvalue weighted by Gasteiger charge is 2.25. The number of para-hydroxylation sites is 1. The fraction of sp³-hybridized carbons (Fsp3) is 0.0625. The molecule has 4 nitrogen and oxygen atoms in total. The van der Waals surface area contributed by atoms with Gasteiger partial charge in [0.1, 0.15) is 0 Å². The first kappa shape index (κ1) is 12.1. The zero-order valence-corrected chi connectivity index (χ0v) is 10.7. The van der Waals surface area contributed by atoms with E-state index in [1.165, 1.54) is 5.01 Å². The third-order valence-corrected chi connectivity index (χ3v) is 3.12. The molecule has 0 atom stereocenters. The average Bonchev–Trinajstić information content (AvgIpc) is 2.90. The Balaban J connectivity index is 1.92. The zero-order valence-electron chi connectivity index (χ0n) is 10.7. The van der Waals surface area contributed by atoms with Crippen LogP contribution in [0.2, 0.25) is 0 Å². The van der Waals surface area contributed by atoms with Gasteiger partial charge < -0.3 is 0 Å². The van der Waals surface area contributed by atoms with Crippen LogP contribution in [0.3, 0.4) is 0 Å². The Kier molecular flexibility index (Phi) is 3.02. The van der Waals surface area contributed by atoms with Crippen LogP contribution in [-0.4, -0.2) is 11.6 Å². The highest BCUT2D eigenvalue weighted by molar-refractivity contribution is 6.19. The number of nitriles is 1. The standard InChI is InChI=1S/C16H11N3O/c17-11-12-6-8-13(9-7-12)15-10-16(20)19(18-15)14-4-2-1-3-5-14/h1-9H,10H2. The third kappa shape index (κ3) is 2.17. The summed E-state index contributed by atoms with van der Waals surface area (Å²) in [6, 6.07) is 18.5. The highest BCUT2D eigenvalue weighted by atomic mass is 16.2. The lowest BCUT2D eigenvalue weighted by Gasteiger charge is -2.10. The fourth-order valence-electron chi connectivity index (χ4n) is 2.10. The first-order chi connectivity index (χ1) is 9.78.